The molecular weight excluding hydrogens is 312 g/mol. The number of thiazole rings is 1. The Morgan fingerprint density at radius 2 is 2.26 bits per heavy atom. The Kier molecular flexibility index (Phi) is 4.77. The van der Waals surface area contributed by atoms with E-state index in [4.69, 9.17) is 4.42 Å². The number of aryl methyl sites for hydroxylation is 2. The third-order valence-electron chi connectivity index (χ3n) is 4.12. The van der Waals surface area contributed by atoms with Gasteiger partial charge in [-0.15, -0.1) is 11.3 Å². The molecule has 1 aliphatic heterocycles. The second-order valence-electron chi connectivity index (χ2n) is 6.03. The Hall–Kier alpha value is -1.73. The fourth-order valence-electron chi connectivity index (χ4n) is 3.03. The highest BCUT2D eigenvalue weighted by Crippen LogP contribution is 2.22. The first-order valence-corrected chi connectivity index (χ1v) is 8.65. The molecule has 3 rings (SSSR count). The predicted molar refractivity (Wildman–Crippen MR) is 88.0 cm³/mol. The van der Waals surface area contributed by atoms with E-state index >= 15 is 0 Å². The summed E-state index contributed by atoms with van der Waals surface area (Å²) in [6.45, 7) is 8.74. The van der Waals surface area contributed by atoms with Gasteiger partial charge in [-0.25, -0.2) is 9.97 Å². The van der Waals surface area contributed by atoms with E-state index in [-0.39, 0.29) is 11.9 Å². The van der Waals surface area contributed by atoms with Crippen molar-refractivity contribution in [3.8, 4) is 0 Å². The molecule has 0 saturated carbocycles. The minimum atomic E-state index is 0.0707. The second-order valence-corrected chi connectivity index (χ2v) is 7.35. The van der Waals surface area contributed by atoms with Crippen molar-refractivity contribution in [3.63, 3.8) is 0 Å². The summed E-state index contributed by atoms with van der Waals surface area (Å²) in [4.78, 5) is 26.1. The van der Waals surface area contributed by atoms with Crippen molar-refractivity contribution in [1.29, 1.82) is 0 Å². The Morgan fingerprint density at radius 3 is 2.87 bits per heavy atom. The van der Waals surface area contributed by atoms with E-state index in [0.29, 0.717) is 12.4 Å². The van der Waals surface area contributed by atoms with Crippen molar-refractivity contribution in [2.45, 2.75) is 46.3 Å². The summed E-state index contributed by atoms with van der Waals surface area (Å²) in [6, 6.07) is 0.216. The maximum Gasteiger partial charge on any atom is 0.220 e. The van der Waals surface area contributed by atoms with E-state index in [1.165, 1.54) is 4.88 Å². The molecule has 2 aromatic rings. The molecule has 124 valence electrons. The first kappa shape index (κ1) is 16.1. The van der Waals surface area contributed by atoms with Gasteiger partial charge in [-0.05, 0) is 20.3 Å². The topological polar surface area (TPSA) is 62.5 Å². The summed E-state index contributed by atoms with van der Waals surface area (Å²) in [7, 11) is 0. The Balaban J connectivity index is 1.61. The summed E-state index contributed by atoms with van der Waals surface area (Å²) < 4.78 is 5.52. The maximum atomic E-state index is 12.0. The molecular formula is C16H22N4O2S. The van der Waals surface area contributed by atoms with Gasteiger partial charge in [-0.1, -0.05) is 0 Å². The van der Waals surface area contributed by atoms with E-state index in [1.807, 2.05) is 24.9 Å². The zero-order valence-corrected chi connectivity index (χ0v) is 14.6. The molecule has 3 heterocycles. The number of nitrogens with zero attached hydrogens (tertiary/aromatic N) is 4. The summed E-state index contributed by atoms with van der Waals surface area (Å²) in [5.41, 5.74) is 0. The van der Waals surface area contributed by atoms with Crippen molar-refractivity contribution in [2.75, 3.05) is 13.1 Å². The molecule has 0 bridgehead atoms. The van der Waals surface area contributed by atoms with E-state index in [9.17, 15) is 4.79 Å². The minimum Gasteiger partial charge on any atom is -0.444 e. The molecule has 7 heteroatoms. The standard InChI is InChI=1S/C16H22N4O2S/c1-11-6-18-16(22-11)10-20(13(3)21)14-4-5-19(8-14)9-15-7-17-12(2)23-15/h6-7,14H,4-5,8-10H2,1-3H3/t14-/m0/s1. The van der Waals surface area contributed by atoms with E-state index in [0.717, 1.165) is 36.8 Å². The number of amides is 1. The highest BCUT2D eigenvalue weighted by Gasteiger charge is 2.30. The van der Waals surface area contributed by atoms with Crippen molar-refractivity contribution in [1.82, 2.24) is 19.8 Å². The second kappa shape index (κ2) is 6.80. The van der Waals surface area contributed by atoms with Crippen molar-refractivity contribution in [2.24, 2.45) is 0 Å². The van der Waals surface area contributed by atoms with Gasteiger partial charge in [0.05, 0.1) is 17.7 Å². The molecule has 23 heavy (non-hydrogen) atoms. The summed E-state index contributed by atoms with van der Waals surface area (Å²) in [5, 5.41) is 1.10. The van der Waals surface area contributed by atoms with Crippen LogP contribution in [0.1, 0.15) is 34.9 Å². The van der Waals surface area contributed by atoms with Crippen LogP contribution < -0.4 is 0 Å². The highest BCUT2D eigenvalue weighted by molar-refractivity contribution is 7.11. The average molecular weight is 334 g/mol. The molecule has 1 saturated heterocycles. The normalized spacial score (nSPS) is 18.5. The lowest BCUT2D eigenvalue weighted by atomic mass is 10.2. The minimum absolute atomic E-state index is 0.0707. The summed E-state index contributed by atoms with van der Waals surface area (Å²) >= 11 is 1.74. The van der Waals surface area contributed by atoms with E-state index < -0.39 is 0 Å². The number of carbonyl (C=O) groups excluding carboxylic acids is 1. The molecule has 1 amide bonds. The Labute approximate surface area is 140 Å². The maximum absolute atomic E-state index is 12.0. The van der Waals surface area contributed by atoms with Crippen LogP contribution in [0.4, 0.5) is 0 Å². The number of hydrogen-bond donors (Lipinski definition) is 0. The van der Waals surface area contributed by atoms with Crippen LogP contribution in [-0.4, -0.2) is 44.8 Å². The van der Waals surface area contributed by atoms with Gasteiger partial charge >= 0.3 is 0 Å². The van der Waals surface area contributed by atoms with Crippen LogP contribution in [0.3, 0.4) is 0 Å². The molecule has 6 nitrogen and oxygen atoms in total. The molecule has 0 radical (unpaired) electrons. The van der Waals surface area contributed by atoms with Gasteiger partial charge in [0.25, 0.3) is 0 Å². The first-order chi connectivity index (χ1) is 11.0. The van der Waals surface area contributed by atoms with Gasteiger partial charge in [0, 0.05) is 43.7 Å². The molecule has 0 spiro atoms. The molecule has 0 unspecified atom stereocenters. The lowest BCUT2D eigenvalue weighted by molar-refractivity contribution is -0.132. The molecule has 2 aromatic heterocycles. The van der Waals surface area contributed by atoms with Crippen LogP contribution in [0.2, 0.25) is 0 Å². The lowest BCUT2D eigenvalue weighted by Crippen LogP contribution is -2.40. The SMILES string of the molecule is CC(=O)N(Cc1ncc(C)o1)[C@H]1CCN(Cc2cnc(C)s2)C1. The third-order valence-corrected chi connectivity index (χ3v) is 5.01. The number of rotatable bonds is 5. The summed E-state index contributed by atoms with van der Waals surface area (Å²) in [6.07, 6.45) is 4.63. The van der Waals surface area contributed by atoms with Gasteiger partial charge in [0.15, 0.2) is 0 Å². The van der Waals surface area contributed by atoms with Gasteiger partial charge < -0.3 is 9.32 Å². The molecule has 1 atom stereocenters. The third kappa shape index (κ3) is 3.97. The van der Waals surface area contributed by atoms with Gasteiger partial charge in [0.2, 0.25) is 11.8 Å². The van der Waals surface area contributed by atoms with Crippen molar-refractivity contribution in [3.05, 3.63) is 33.9 Å². The smallest absolute Gasteiger partial charge is 0.220 e. The number of aromatic nitrogens is 2. The molecule has 0 aliphatic carbocycles. The van der Waals surface area contributed by atoms with Crippen LogP contribution in [0.15, 0.2) is 16.8 Å². The molecule has 1 fully saturated rings. The van der Waals surface area contributed by atoms with E-state index in [1.54, 1.807) is 24.5 Å². The fraction of sp³-hybridized carbons (Fsp3) is 0.562. The highest BCUT2D eigenvalue weighted by atomic mass is 32.1. The summed E-state index contributed by atoms with van der Waals surface area (Å²) in [5.74, 6) is 1.45. The molecule has 0 N–H and O–H groups in total. The fourth-order valence-corrected chi connectivity index (χ4v) is 3.86. The number of likely N-dealkylation sites (tertiary alicyclic amines) is 1. The van der Waals surface area contributed by atoms with Gasteiger partial charge in [-0.3, -0.25) is 9.69 Å². The Bertz CT molecular complexity index is 681. The zero-order valence-electron chi connectivity index (χ0n) is 13.8. The van der Waals surface area contributed by atoms with Gasteiger partial charge in [0.1, 0.15) is 5.76 Å². The van der Waals surface area contributed by atoms with Crippen molar-refractivity contribution >= 4 is 17.2 Å². The monoisotopic (exact) mass is 334 g/mol. The van der Waals surface area contributed by atoms with Crippen LogP contribution in [0.25, 0.3) is 0 Å². The number of hydrogen-bond acceptors (Lipinski definition) is 6. The van der Waals surface area contributed by atoms with Crippen LogP contribution in [0, 0.1) is 13.8 Å². The quantitative estimate of drug-likeness (QED) is 0.840. The Morgan fingerprint density at radius 1 is 1.43 bits per heavy atom. The van der Waals surface area contributed by atoms with Crippen LogP contribution in [-0.2, 0) is 17.9 Å². The average Bonchev–Trinajstić information content (AvgIpc) is 3.19. The van der Waals surface area contributed by atoms with Crippen LogP contribution in [0.5, 0.6) is 0 Å². The molecule has 1 aliphatic rings. The lowest BCUT2D eigenvalue weighted by Gasteiger charge is -2.26. The number of carbonyl (C=O) groups is 1. The molecule has 0 aromatic carbocycles. The van der Waals surface area contributed by atoms with Crippen molar-refractivity contribution < 1.29 is 9.21 Å². The zero-order chi connectivity index (χ0) is 16.4. The predicted octanol–water partition coefficient (Wildman–Crippen LogP) is 2.37. The van der Waals surface area contributed by atoms with Crippen LogP contribution >= 0.6 is 11.3 Å². The van der Waals surface area contributed by atoms with E-state index in [2.05, 4.69) is 14.9 Å². The first-order valence-electron chi connectivity index (χ1n) is 7.83. The largest absolute Gasteiger partial charge is 0.444 e. The van der Waals surface area contributed by atoms with Gasteiger partial charge in [-0.2, -0.15) is 0 Å². The number of oxazole rings is 1.